The molecular weight excluding hydrogens is 284 g/mol. The van der Waals surface area contributed by atoms with Gasteiger partial charge in [0.1, 0.15) is 0 Å². The molecule has 3 rings (SSSR count). The predicted octanol–water partition coefficient (Wildman–Crippen LogP) is 3.79. The lowest BCUT2D eigenvalue weighted by Gasteiger charge is -2.17. The third-order valence-corrected chi connectivity index (χ3v) is 5.14. The highest BCUT2D eigenvalue weighted by atomic mass is 32.2. The van der Waals surface area contributed by atoms with Gasteiger partial charge in [-0.25, -0.2) is 4.98 Å². The smallest absolute Gasteiger partial charge is 0.313 e. The number of thioether (sulfide) groups is 1. The van der Waals surface area contributed by atoms with Crippen molar-refractivity contribution in [2.75, 3.05) is 5.75 Å². The van der Waals surface area contributed by atoms with Crippen LogP contribution in [0.4, 0.5) is 0 Å². The van der Waals surface area contributed by atoms with E-state index in [1.54, 1.807) is 0 Å². The Labute approximate surface area is 128 Å². The molecule has 0 unspecified atom stereocenters. The van der Waals surface area contributed by atoms with E-state index in [9.17, 15) is 4.79 Å². The average Bonchev–Trinajstić information content (AvgIpc) is 3.12. The fourth-order valence-corrected chi connectivity index (χ4v) is 3.71. The molecule has 1 heterocycles. The van der Waals surface area contributed by atoms with E-state index in [0.717, 1.165) is 22.7 Å². The summed E-state index contributed by atoms with van der Waals surface area (Å²) < 4.78 is 2.23. The second kappa shape index (κ2) is 5.72. The van der Waals surface area contributed by atoms with Crippen LogP contribution >= 0.6 is 11.8 Å². The van der Waals surface area contributed by atoms with Crippen molar-refractivity contribution in [1.82, 2.24) is 9.55 Å². The Morgan fingerprint density at radius 1 is 1.43 bits per heavy atom. The Bertz CT molecular complexity index is 661. The van der Waals surface area contributed by atoms with E-state index < -0.39 is 5.97 Å². The van der Waals surface area contributed by atoms with Crippen molar-refractivity contribution in [3.63, 3.8) is 0 Å². The van der Waals surface area contributed by atoms with Gasteiger partial charge in [-0.1, -0.05) is 37.2 Å². The van der Waals surface area contributed by atoms with E-state index in [0.29, 0.717) is 5.41 Å². The van der Waals surface area contributed by atoms with E-state index in [1.807, 2.05) is 18.2 Å². The number of imidazole rings is 1. The first-order chi connectivity index (χ1) is 10.1. The first-order valence-electron chi connectivity index (χ1n) is 7.43. The molecule has 1 aromatic heterocycles. The highest BCUT2D eigenvalue weighted by Gasteiger charge is 2.42. The van der Waals surface area contributed by atoms with Crippen molar-refractivity contribution in [2.45, 2.75) is 44.3 Å². The minimum atomic E-state index is -0.798. The number of aliphatic carboxylic acids is 1. The number of fused-ring (bicyclic) bond motifs is 1. The number of aromatic nitrogens is 2. The maximum Gasteiger partial charge on any atom is 0.313 e. The summed E-state index contributed by atoms with van der Waals surface area (Å²) >= 11 is 1.32. The molecular formula is C16H20N2O2S. The maximum absolute atomic E-state index is 10.8. The minimum Gasteiger partial charge on any atom is -0.481 e. The molecule has 112 valence electrons. The van der Waals surface area contributed by atoms with E-state index in [-0.39, 0.29) is 5.75 Å². The molecule has 1 aliphatic carbocycles. The fraction of sp³-hybridized carbons (Fsp3) is 0.500. The summed E-state index contributed by atoms with van der Waals surface area (Å²) in [7, 11) is 0. The van der Waals surface area contributed by atoms with Crippen LogP contribution in [0.15, 0.2) is 29.4 Å². The minimum absolute atomic E-state index is 0.0596. The molecule has 1 saturated carbocycles. The molecule has 4 nitrogen and oxygen atoms in total. The molecule has 0 spiro atoms. The number of nitrogens with zero attached hydrogens (tertiary/aromatic N) is 2. The van der Waals surface area contributed by atoms with Gasteiger partial charge >= 0.3 is 5.97 Å². The largest absolute Gasteiger partial charge is 0.481 e. The number of carboxylic acid groups (broad SMARTS) is 1. The number of para-hydroxylation sites is 2. The normalized spacial score (nSPS) is 16.2. The zero-order chi connectivity index (χ0) is 14.9. The van der Waals surface area contributed by atoms with Crippen LogP contribution in [0.3, 0.4) is 0 Å². The van der Waals surface area contributed by atoms with Crippen LogP contribution in [0.2, 0.25) is 0 Å². The highest BCUT2D eigenvalue weighted by molar-refractivity contribution is 7.99. The molecule has 0 saturated heterocycles. The predicted molar refractivity (Wildman–Crippen MR) is 84.7 cm³/mol. The van der Waals surface area contributed by atoms with Gasteiger partial charge in [-0.2, -0.15) is 0 Å². The van der Waals surface area contributed by atoms with E-state index in [4.69, 9.17) is 5.11 Å². The Kier molecular flexibility index (Phi) is 3.93. The quantitative estimate of drug-likeness (QED) is 0.791. The van der Waals surface area contributed by atoms with Gasteiger partial charge in [0, 0.05) is 6.54 Å². The monoisotopic (exact) mass is 304 g/mol. The number of carboxylic acids is 1. The van der Waals surface area contributed by atoms with Gasteiger partial charge < -0.3 is 9.67 Å². The topological polar surface area (TPSA) is 55.1 Å². The second-order valence-corrected chi connectivity index (χ2v) is 6.84. The van der Waals surface area contributed by atoms with Crippen LogP contribution in [0.25, 0.3) is 11.0 Å². The van der Waals surface area contributed by atoms with Gasteiger partial charge in [0.05, 0.1) is 16.8 Å². The Hall–Kier alpha value is -1.49. The summed E-state index contributed by atoms with van der Waals surface area (Å²) in [5.74, 6) is -0.738. The third kappa shape index (κ3) is 3.07. The lowest BCUT2D eigenvalue weighted by molar-refractivity contribution is -0.133. The van der Waals surface area contributed by atoms with Crippen molar-refractivity contribution in [3.05, 3.63) is 24.3 Å². The number of hydrogen-bond acceptors (Lipinski definition) is 3. The summed E-state index contributed by atoms with van der Waals surface area (Å²) in [5.41, 5.74) is 2.49. The van der Waals surface area contributed by atoms with Crippen LogP contribution < -0.4 is 0 Å². The molecule has 1 aromatic carbocycles. The summed E-state index contributed by atoms with van der Waals surface area (Å²) in [4.78, 5) is 15.5. The average molecular weight is 304 g/mol. The van der Waals surface area contributed by atoms with Gasteiger partial charge in [-0.05, 0) is 36.8 Å². The first-order valence-corrected chi connectivity index (χ1v) is 8.42. The number of carbonyl (C=O) groups is 1. The van der Waals surface area contributed by atoms with Gasteiger partial charge in [-0.3, -0.25) is 4.79 Å². The molecule has 0 atom stereocenters. The lowest BCUT2D eigenvalue weighted by atomic mass is 10.0. The number of rotatable bonds is 7. The van der Waals surface area contributed by atoms with Crippen LogP contribution in [-0.4, -0.2) is 26.4 Å². The van der Waals surface area contributed by atoms with E-state index in [1.165, 1.54) is 37.4 Å². The molecule has 5 heteroatoms. The molecule has 0 aliphatic heterocycles. The Morgan fingerprint density at radius 3 is 2.86 bits per heavy atom. The number of benzene rings is 1. The van der Waals surface area contributed by atoms with Crippen molar-refractivity contribution >= 4 is 28.8 Å². The van der Waals surface area contributed by atoms with Crippen LogP contribution in [0, 0.1) is 5.41 Å². The van der Waals surface area contributed by atoms with E-state index in [2.05, 4.69) is 22.5 Å². The van der Waals surface area contributed by atoms with Gasteiger partial charge in [-0.15, -0.1) is 0 Å². The van der Waals surface area contributed by atoms with E-state index >= 15 is 0 Å². The SMILES string of the molecule is CCCC1(Cn2c(SCC(=O)O)nc3ccccc32)CC1. The zero-order valence-corrected chi connectivity index (χ0v) is 13.0. The third-order valence-electron chi connectivity index (χ3n) is 4.18. The fourth-order valence-electron chi connectivity index (χ4n) is 2.97. The maximum atomic E-state index is 10.8. The molecule has 0 radical (unpaired) electrons. The molecule has 21 heavy (non-hydrogen) atoms. The summed E-state index contributed by atoms with van der Waals surface area (Å²) in [6, 6.07) is 8.07. The van der Waals surface area contributed by atoms with Crippen molar-refractivity contribution < 1.29 is 9.90 Å². The molecule has 1 fully saturated rings. The summed E-state index contributed by atoms with van der Waals surface area (Å²) in [5, 5.41) is 9.75. The van der Waals surface area contributed by atoms with Crippen molar-refractivity contribution in [2.24, 2.45) is 5.41 Å². The molecule has 1 aliphatic rings. The van der Waals surface area contributed by atoms with Crippen LogP contribution in [0.1, 0.15) is 32.6 Å². The van der Waals surface area contributed by atoms with Crippen LogP contribution in [0.5, 0.6) is 0 Å². The number of hydrogen-bond donors (Lipinski definition) is 1. The summed E-state index contributed by atoms with van der Waals surface area (Å²) in [6.45, 7) is 3.19. The Balaban J connectivity index is 1.93. The molecule has 2 aromatic rings. The van der Waals surface area contributed by atoms with Gasteiger partial charge in [0.25, 0.3) is 0 Å². The lowest BCUT2D eigenvalue weighted by Crippen LogP contribution is -2.13. The van der Waals surface area contributed by atoms with Gasteiger partial charge in [0.15, 0.2) is 5.16 Å². The first kappa shape index (κ1) is 14.4. The zero-order valence-electron chi connectivity index (χ0n) is 12.2. The van der Waals surface area contributed by atoms with Crippen molar-refractivity contribution in [1.29, 1.82) is 0 Å². The van der Waals surface area contributed by atoms with Gasteiger partial charge in [0.2, 0.25) is 0 Å². The highest BCUT2D eigenvalue weighted by Crippen LogP contribution is 2.51. The summed E-state index contributed by atoms with van der Waals surface area (Å²) in [6.07, 6.45) is 4.99. The molecule has 0 bridgehead atoms. The second-order valence-electron chi connectivity index (χ2n) is 5.90. The van der Waals surface area contributed by atoms with Crippen LogP contribution in [-0.2, 0) is 11.3 Å². The van der Waals surface area contributed by atoms with Crippen molar-refractivity contribution in [3.8, 4) is 0 Å². The Morgan fingerprint density at radius 2 is 2.19 bits per heavy atom. The molecule has 1 N–H and O–H groups in total. The molecule has 0 amide bonds. The standard InChI is InChI=1S/C16H20N2O2S/c1-2-7-16(8-9-16)11-18-13-6-4-3-5-12(13)17-15(18)21-10-14(19)20/h3-6H,2,7-11H2,1H3,(H,19,20).